The molecule has 0 radical (unpaired) electrons. The maximum absolute atomic E-state index is 11.5. The Balaban J connectivity index is 1.86. The number of ether oxygens (including phenoxy) is 1. The van der Waals surface area contributed by atoms with Gasteiger partial charge in [0, 0.05) is 41.4 Å². The fraction of sp³-hybridized carbons (Fsp3) is 0.471. The summed E-state index contributed by atoms with van der Waals surface area (Å²) in [6, 6.07) is 6.49. The van der Waals surface area contributed by atoms with Crippen molar-refractivity contribution in [3.05, 3.63) is 29.5 Å². The minimum atomic E-state index is 0.0755. The topological polar surface area (TPSA) is 54.1 Å². The van der Waals surface area contributed by atoms with Crippen LogP contribution in [0.2, 0.25) is 0 Å². The molecule has 110 valence electrons. The molecule has 0 saturated heterocycles. The maximum Gasteiger partial charge on any atom is 0.217 e. The molecule has 3 aliphatic carbocycles. The summed E-state index contributed by atoms with van der Waals surface area (Å²) in [4.78, 5) is 15.1. The van der Waals surface area contributed by atoms with Crippen LogP contribution in [0.3, 0.4) is 0 Å². The number of carbonyl (C=O) groups is 1. The Bertz CT molecular complexity index is 719. The van der Waals surface area contributed by atoms with Crippen LogP contribution in [0, 0.1) is 0 Å². The van der Waals surface area contributed by atoms with Crippen LogP contribution in [-0.2, 0) is 4.79 Å². The van der Waals surface area contributed by atoms with Gasteiger partial charge in [0.25, 0.3) is 0 Å². The number of fused-ring (bicyclic) bond motifs is 3. The SMILES string of the molecule is COc1ccc2[nH]c3c(c2c1)[C@H]1CC[C@@H]3C[C@@H]1NC(C)=O. The quantitative estimate of drug-likeness (QED) is 0.890. The number of nitrogens with one attached hydrogen (secondary N) is 2. The molecule has 1 amide bonds. The third-order valence-electron chi connectivity index (χ3n) is 5.09. The van der Waals surface area contributed by atoms with Crippen LogP contribution < -0.4 is 10.1 Å². The Labute approximate surface area is 123 Å². The van der Waals surface area contributed by atoms with E-state index in [1.165, 1.54) is 28.6 Å². The highest BCUT2D eigenvalue weighted by molar-refractivity contribution is 5.87. The van der Waals surface area contributed by atoms with E-state index in [-0.39, 0.29) is 11.9 Å². The highest BCUT2D eigenvalue weighted by atomic mass is 16.5. The summed E-state index contributed by atoms with van der Waals surface area (Å²) in [6.07, 6.45) is 3.44. The van der Waals surface area contributed by atoms with E-state index >= 15 is 0 Å². The van der Waals surface area contributed by atoms with Gasteiger partial charge in [0.1, 0.15) is 5.75 Å². The molecule has 3 atom stereocenters. The molecule has 4 heteroatoms. The number of hydrogen-bond acceptors (Lipinski definition) is 2. The predicted octanol–water partition coefficient (Wildman–Crippen LogP) is 3.05. The third-order valence-corrected chi connectivity index (χ3v) is 5.09. The molecular formula is C17H20N2O2. The van der Waals surface area contributed by atoms with E-state index in [1.807, 2.05) is 6.07 Å². The maximum atomic E-state index is 11.5. The third kappa shape index (κ3) is 1.85. The number of H-pyrrole nitrogens is 1. The number of amides is 1. The molecular weight excluding hydrogens is 264 g/mol. The minimum Gasteiger partial charge on any atom is -0.497 e. The minimum absolute atomic E-state index is 0.0755. The molecule has 4 nitrogen and oxygen atoms in total. The average molecular weight is 284 g/mol. The van der Waals surface area contributed by atoms with Gasteiger partial charge in [-0.2, -0.15) is 0 Å². The second-order valence-corrected chi connectivity index (χ2v) is 6.29. The number of methoxy groups -OCH3 is 1. The Morgan fingerprint density at radius 1 is 1.38 bits per heavy atom. The Morgan fingerprint density at radius 3 is 3.00 bits per heavy atom. The van der Waals surface area contributed by atoms with Gasteiger partial charge < -0.3 is 15.0 Å². The van der Waals surface area contributed by atoms with Crippen LogP contribution in [0.4, 0.5) is 0 Å². The normalized spacial score (nSPS) is 26.7. The van der Waals surface area contributed by atoms with Crippen LogP contribution in [0.25, 0.3) is 10.9 Å². The molecule has 0 aliphatic heterocycles. The van der Waals surface area contributed by atoms with Gasteiger partial charge in [-0.3, -0.25) is 4.79 Å². The first-order chi connectivity index (χ1) is 10.2. The lowest BCUT2D eigenvalue weighted by Gasteiger charge is -2.42. The molecule has 1 aromatic carbocycles. The molecule has 2 N–H and O–H groups in total. The van der Waals surface area contributed by atoms with Crippen molar-refractivity contribution in [1.29, 1.82) is 0 Å². The van der Waals surface area contributed by atoms with E-state index in [9.17, 15) is 4.79 Å². The molecule has 0 spiro atoms. The van der Waals surface area contributed by atoms with Crippen molar-refractivity contribution in [2.24, 2.45) is 0 Å². The molecule has 21 heavy (non-hydrogen) atoms. The number of carbonyl (C=O) groups excluding carboxylic acids is 1. The van der Waals surface area contributed by atoms with Gasteiger partial charge >= 0.3 is 0 Å². The van der Waals surface area contributed by atoms with Gasteiger partial charge in [0.05, 0.1) is 7.11 Å². The lowest BCUT2D eigenvalue weighted by atomic mass is 9.66. The van der Waals surface area contributed by atoms with Crippen molar-refractivity contribution >= 4 is 16.8 Å². The zero-order chi connectivity index (χ0) is 14.6. The zero-order valence-electron chi connectivity index (χ0n) is 12.4. The second-order valence-electron chi connectivity index (χ2n) is 6.29. The summed E-state index contributed by atoms with van der Waals surface area (Å²) < 4.78 is 5.37. The van der Waals surface area contributed by atoms with Crippen LogP contribution in [-0.4, -0.2) is 24.0 Å². The largest absolute Gasteiger partial charge is 0.497 e. The van der Waals surface area contributed by atoms with Crippen LogP contribution >= 0.6 is 0 Å². The van der Waals surface area contributed by atoms with E-state index in [0.717, 1.165) is 18.6 Å². The first-order valence-corrected chi connectivity index (χ1v) is 7.64. The first kappa shape index (κ1) is 12.7. The summed E-state index contributed by atoms with van der Waals surface area (Å²) in [5, 5.41) is 4.41. The van der Waals surface area contributed by atoms with Gasteiger partial charge in [0.15, 0.2) is 0 Å². The number of aromatic amines is 1. The van der Waals surface area contributed by atoms with E-state index in [1.54, 1.807) is 14.0 Å². The van der Waals surface area contributed by atoms with Crippen LogP contribution in [0.5, 0.6) is 5.75 Å². The van der Waals surface area contributed by atoms with E-state index in [4.69, 9.17) is 4.74 Å². The number of aromatic nitrogens is 1. The molecule has 5 rings (SSSR count). The lowest BCUT2D eigenvalue weighted by molar-refractivity contribution is -0.120. The van der Waals surface area contributed by atoms with Crippen molar-refractivity contribution in [3.8, 4) is 5.75 Å². The number of benzene rings is 1. The second kappa shape index (κ2) is 4.52. The molecule has 1 fully saturated rings. The molecule has 1 heterocycles. The van der Waals surface area contributed by atoms with E-state index in [0.29, 0.717) is 11.8 Å². The van der Waals surface area contributed by atoms with Gasteiger partial charge in [-0.1, -0.05) is 0 Å². The van der Waals surface area contributed by atoms with Gasteiger partial charge in [-0.15, -0.1) is 0 Å². The summed E-state index contributed by atoms with van der Waals surface area (Å²) in [7, 11) is 1.70. The van der Waals surface area contributed by atoms with E-state index < -0.39 is 0 Å². The average Bonchev–Trinajstić information content (AvgIpc) is 2.87. The monoisotopic (exact) mass is 284 g/mol. The first-order valence-electron chi connectivity index (χ1n) is 7.64. The zero-order valence-corrected chi connectivity index (χ0v) is 12.4. The van der Waals surface area contributed by atoms with Crippen molar-refractivity contribution in [2.75, 3.05) is 7.11 Å². The van der Waals surface area contributed by atoms with Crippen LogP contribution in [0.1, 0.15) is 49.3 Å². The highest BCUT2D eigenvalue weighted by Crippen LogP contribution is 2.51. The summed E-state index contributed by atoms with van der Waals surface area (Å²) >= 11 is 0. The van der Waals surface area contributed by atoms with Crippen molar-refractivity contribution < 1.29 is 9.53 Å². The molecule has 3 aliphatic rings. The number of rotatable bonds is 2. The standard InChI is InChI=1S/C17H20N2O2/c1-9(20)18-15-7-10-3-5-12(15)16-13-8-11(21-2)4-6-14(13)19-17(10)16/h4,6,8,10,12,15,19H,3,5,7H2,1-2H3,(H,18,20)/t10-,12+,15+/m1/s1. The van der Waals surface area contributed by atoms with Crippen molar-refractivity contribution in [3.63, 3.8) is 0 Å². The Morgan fingerprint density at radius 2 is 2.24 bits per heavy atom. The summed E-state index contributed by atoms with van der Waals surface area (Å²) in [5.74, 6) is 1.93. The molecule has 2 bridgehead atoms. The smallest absolute Gasteiger partial charge is 0.217 e. The molecule has 1 aromatic heterocycles. The van der Waals surface area contributed by atoms with Crippen molar-refractivity contribution in [2.45, 2.75) is 44.1 Å². The van der Waals surface area contributed by atoms with Gasteiger partial charge in [-0.05, 0) is 43.0 Å². The van der Waals surface area contributed by atoms with Crippen LogP contribution in [0.15, 0.2) is 18.2 Å². The molecule has 2 aromatic rings. The van der Waals surface area contributed by atoms with E-state index in [2.05, 4.69) is 22.4 Å². The predicted molar refractivity (Wildman–Crippen MR) is 81.8 cm³/mol. The highest BCUT2D eigenvalue weighted by Gasteiger charge is 2.42. The fourth-order valence-electron chi connectivity index (χ4n) is 4.26. The van der Waals surface area contributed by atoms with Crippen molar-refractivity contribution in [1.82, 2.24) is 10.3 Å². The Kier molecular flexibility index (Phi) is 2.74. The Hall–Kier alpha value is -1.97. The molecule has 1 saturated carbocycles. The fourth-order valence-corrected chi connectivity index (χ4v) is 4.26. The summed E-state index contributed by atoms with van der Waals surface area (Å²) in [5.41, 5.74) is 3.97. The number of hydrogen-bond donors (Lipinski definition) is 2. The van der Waals surface area contributed by atoms with Gasteiger partial charge in [-0.25, -0.2) is 0 Å². The summed E-state index contributed by atoms with van der Waals surface area (Å²) in [6.45, 7) is 1.61. The van der Waals surface area contributed by atoms with Gasteiger partial charge in [0.2, 0.25) is 5.91 Å². The molecule has 0 unspecified atom stereocenters. The lowest BCUT2D eigenvalue weighted by Crippen LogP contribution is -2.44.